The average Bonchev–Trinajstić information content (AvgIpc) is 3.35. The van der Waals surface area contributed by atoms with E-state index in [0.29, 0.717) is 11.6 Å². The third-order valence-corrected chi connectivity index (χ3v) is 10.1. The molecule has 4 aromatic rings. The van der Waals surface area contributed by atoms with Gasteiger partial charge in [0, 0.05) is 24.4 Å². The van der Waals surface area contributed by atoms with Crippen LogP contribution in [0.5, 0.6) is 11.5 Å². The maximum Gasteiger partial charge on any atom is 0.247 e. The standard InChI is InChI=1S/C31H31ClN4O4S/c1-19-17-34-31(32)35-29(19)22-3-5-23(6-4-22)30-26-8-2-21(14-20-10-12-33-13-11-20)15-24(26)18-36(30)41(39,40)28-9-7-25(37)16-27(28)38/h2-9,15-17,20,30,33,37-38H,10-14,18H2,1H3. The van der Waals surface area contributed by atoms with Crippen molar-refractivity contribution in [3.63, 3.8) is 0 Å². The van der Waals surface area contributed by atoms with Crippen molar-refractivity contribution in [1.29, 1.82) is 0 Å². The van der Waals surface area contributed by atoms with Crippen molar-refractivity contribution < 1.29 is 18.6 Å². The lowest BCUT2D eigenvalue weighted by Crippen LogP contribution is -2.30. The molecule has 0 radical (unpaired) electrons. The first-order chi connectivity index (χ1) is 19.7. The van der Waals surface area contributed by atoms with Crippen LogP contribution < -0.4 is 5.32 Å². The van der Waals surface area contributed by atoms with Crippen molar-refractivity contribution in [2.24, 2.45) is 5.92 Å². The molecule has 1 unspecified atom stereocenters. The topological polar surface area (TPSA) is 116 Å². The third kappa shape index (κ3) is 5.42. The molecule has 2 aliphatic heterocycles. The van der Waals surface area contributed by atoms with Gasteiger partial charge in [-0.05, 0) is 96.7 Å². The summed E-state index contributed by atoms with van der Waals surface area (Å²) in [5.74, 6) is -0.0923. The molecule has 1 aromatic heterocycles. The van der Waals surface area contributed by atoms with Crippen molar-refractivity contribution >= 4 is 21.6 Å². The number of benzene rings is 3. The van der Waals surface area contributed by atoms with E-state index in [1.165, 1.54) is 22.0 Å². The van der Waals surface area contributed by atoms with E-state index in [2.05, 4.69) is 27.4 Å². The van der Waals surface area contributed by atoms with E-state index >= 15 is 0 Å². The largest absolute Gasteiger partial charge is 0.508 e. The Kier molecular flexibility index (Phi) is 7.46. The highest BCUT2D eigenvalue weighted by Crippen LogP contribution is 2.44. The van der Waals surface area contributed by atoms with Gasteiger partial charge in [0.2, 0.25) is 15.3 Å². The molecule has 3 aromatic carbocycles. The molecule has 2 aliphatic rings. The van der Waals surface area contributed by atoms with Crippen LogP contribution in [0.25, 0.3) is 11.3 Å². The zero-order chi connectivity index (χ0) is 28.7. The first-order valence-electron chi connectivity index (χ1n) is 13.7. The number of aromatic hydroxyl groups is 2. The van der Waals surface area contributed by atoms with Gasteiger partial charge in [-0.2, -0.15) is 4.31 Å². The van der Waals surface area contributed by atoms with Gasteiger partial charge in [-0.1, -0.05) is 42.5 Å². The number of phenolic OH excluding ortho intramolecular Hbond substituents is 2. The lowest BCUT2D eigenvalue weighted by molar-refractivity contribution is 0.372. The Morgan fingerprint density at radius 3 is 2.51 bits per heavy atom. The van der Waals surface area contributed by atoms with E-state index in [4.69, 9.17) is 11.6 Å². The molecule has 0 bridgehead atoms. The fourth-order valence-electron chi connectivity index (χ4n) is 5.98. The predicted molar refractivity (Wildman–Crippen MR) is 157 cm³/mol. The molecule has 8 nitrogen and oxygen atoms in total. The quantitative estimate of drug-likeness (QED) is 0.259. The molecular formula is C31H31ClN4O4S. The zero-order valence-corrected chi connectivity index (χ0v) is 24.2. The van der Waals surface area contributed by atoms with Crippen molar-refractivity contribution in [1.82, 2.24) is 19.6 Å². The monoisotopic (exact) mass is 590 g/mol. The summed E-state index contributed by atoms with van der Waals surface area (Å²) in [7, 11) is -4.14. The zero-order valence-electron chi connectivity index (χ0n) is 22.6. The van der Waals surface area contributed by atoms with E-state index in [9.17, 15) is 18.6 Å². The number of rotatable bonds is 6. The molecule has 1 fully saturated rings. The number of halogens is 1. The second-order valence-electron chi connectivity index (χ2n) is 10.8. The van der Waals surface area contributed by atoms with Crippen LogP contribution in [0.4, 0.5) is 0 Å². The second kappa shape index (κ2) is 11.1. The van der Waals surface area contributed by atoms with Gasteiger partial charge in [-0.15, -0.1) is 0 Å². The predicted octanol–water partition coefficient (Wildman–Crippen LogP) is 5.35. The summed E-state index contributed by atoms with van der Waals surface area (Å²) >= 11 is 6.05. The van der Waals surface area contributed by atoms with Crippen LogP contribution in [0.2, 0.25) is 5.28 Å². The van der Waals surface area contributed by atoms with Crippen LogP contribution in [0.15, 0.2) is 71.8 Å². The van der Waals surface area contributed by atoms with Crippen LogP contribution in [0.3, 0.4) is 0 Å². The molecule has 3 heterocycles. The second-order valence-corrected chi connectivity index (χ2v) is 13.0. The first kappa shape index (κ1) is 27.7. The Morgan fingerprint density at radius 1 is 1.02 bits per heavy atom. The van der Waals surface area contributed by atoms with Crippen molar-refractivity contribution in [2.45, 2.75) is 43.7 Å². The molecule has 0 spiro atoms. The van der Waals surface area contributed by atoms with E-state index in [-0.39, 0.29) is 22.5 Å². The summed E-state index contributed by atoms with van der Waals surface area (Å²) in [6, 6.07) is 16.9. The van der Waals surface area contributed by atoms with E-state index in [1.807, 2.05) is 37.3 Å². The van der Waals surface area contributed by atoms with Gasteiger partial charge < -0.3 is 15.5 Å². The van der Waals surface area contributed by atoms with Gasteiger partial charge in [0.15, 0.2) is 0 Å². The molecule has 0 saturated carbocycles. The number of piperidine rings is 1. The molecule has 6 rings (SSSR count). The van der Waals surface area contributed by atoms with Gasteiger partial charge >= 0.3 is 0 Å². The van der Waals surface area contributed by atoms with Crippen LogP contribution in [-0.2, 0) is 23.0 Å². The first-order valence-corrected chi connectivity index (χ1v) is 15.5. The molecule has 1 atom stereocenters. The molecule has 41 heavy (non-hydrogen) atoms. The Hall–Kier alpha value is -3.50. The Morgan fingerprint density at radius 2 is 1.78 bits per heavy atom. The highest BCUT2D eigenvalue weighted by Gasteiger charge is 2.41. The number of aromatic nitrogens is 2. The third-order valence-electron chi connectivity index (χ3n) is 8.07. The summed E-state index contributed by atoms with van der Waals surface area (Å²) < 4.78 is 29.5. The normalized spacial score (nSPS) is 18.0. The number of phenols is 2. The van der Waals surface area contributed by atoms with Gasteiger partial charge in [-0.3, -0.25) is 0 Å². The van der Waals surface area contributed by atoms with E-state index < -0.39 is 21.8 Å². The van der Waals surface area contributed by atoms with Crippen LogP contribution in [-0.4, -0.2) is 46.0 Å². The number of nitrogens with zero attached hydrogens (tertiary/aromatic N) is 3. The molecule has 0 aliphatic carbocycles. The molecule has 10 heteroatoms. The highest BCUT2D eigenvalue weighted by atomic mass is 35.5. The smallest absolute Gasteiger partial charge is 0.247 e. The minimum absolute atomic E-state index is 0.158. The summed E-state index contributed by atoms with van der Waals surface area (Å²) in [6.07, 6.45) is 4.89. The maximum atomic E-state index is 14.0. The van der Waals surface area contributed by atoms with Crippen molar-refractivity contribution in [3.8, 4) is 22.8 Å². The van der Waals surface area contributed by atoms with E-state index in [1.54, 1.807) is 6.20 Å². The summed E-state index contributed by atoms with van der Waals surface area (Å²) in [4.78, 5) is 8.16. The van der Waals surface area contributed by atoms with Gasteiger partial charge in [0.25, 0.3) is 0 Å². The summed E-state index contributed by atoms with van der Waals surface area (Å²) in [6.45, 7) is 4.13. The maximum absolute atomic E-state index is 14.0. The number of aryl methyl sites for hydroxylation is 1. The van der Waals surface area contributed by atoms with Gasteiger partial charge in [0.1, 0.15) is 16.4 Å². The van der Waals surface area contributed by atoms with Crippen LogP contribution in [0, 0.1) is 12.8 Å². The number of nitrogens with one attached hydrogen (secondary N) is 1. The van der Waals surface area contributed by atoms with Gasteiger partial charge in [0.05, 0.1) is 11.7 Å². The lowest BCUT2D eigenvalue weighted by atomic mass is 9.89. The minimum Gasteiger partial charge on any atom is -0.508 e. The summed E-state index contributed by atoms with van der Waals surface area (Å²) in [5, 5.41) is 23.8. The SMILES string of the molecule is Cc1cnc(Cl)nc1-c1ccc(C2c3ccc(CC4CCNCC4)cc3CN2S(=O)(=O)c2ccc(O)cc2O)cc1. The molecule has 212 valence electrons. The summed E-state index contributed by atoms with van der Waals surface area (Å²) in [5.41, 5.74) is 6.29. The number of fused-ring (bicyclic) bond motifs is 1. The Balaban J connectivity index is 1.40. The molecule has 1 saturated heterocycles. The fraction of sp³-hybridized carbons (Fsp3) is 0.290. The lowest BCUT2D eigenvalue weighted by Gasteiger charge is -2.26. The Labute approximate surface area is 244 Å². The minimum atomic E-state index is -4.14. The molecule has 0 amide bonds. The van der Waals surface area contributed by atoms with Gasteiger partial charge in [-0.25, -0.2) is 18.4 Å². The van der Waals surface area contributed by atoms with Crippen LogP contribution >= 0.6 is 11.6 Å². The average molecular weight is 591 g/mol. The highest BCUT2D eigenvalue weighted by molar-refractivity contribution is 7.89. The molecular weight excluding hydrogens is 560 g/mol. The fourth-order valence-corrected chi connectivity index (χ4v) is 7.75. The molecule has 3 N–H and O–H groups in total. The Bertz CT molecular complexity index is 1710. The van der Waals surface area contributed by atoms with Crippen molar-refractivity contribution in [3.05, 3.63) is 100.0 Å². The number of hydrogen-bond acceptors (Lipinski definition) is 7. The van der Waals surface area contributed by atoms with Crippen molar-refractivity contribution in [2.75, 3.05) is 13.1 Å². The van der Waals surface area contributed by atoms with Crippen LogP contribution in [0.1, 0.15) is 46.7 Å². The number of hydrogen-bond donors (Lipinski definition) is 3. The van der Waals surface area contributed by atoms with E-state index in [0.717, 1.165) is 66.2 Å². The number of sulfonamides is 1.